The van der Waals surface area contributed by atoms with E-state index in [4.69, 9.17) is 14.6 Å². The first-order valence-corrected chi connectivity index (χ1v) is 13.8. The van der Waals surface area contributed by atoms with Crippen molar-refractivity contribution >= 4 is 5.57 Å². The largest absolute Gasteiger partial charge is 0.474 e. The zero-order valence-corrected chi connectivity index (χ0v) is 23.5. The molecule has 6 heteroatoms. The SMILES string of the molecule is C=C/C(=C\C(C)=C(C)C)c1ccc(OC2CCC2)nc1.CC.OCCCOCCCN1CCNCC1. The smallest absolute Gasteiger partial charge is 0.213 e. The van der Waals surface area contributed by atoms with E-state index in [0.29, 0.717) is 12.7 Å². The molecule has 1 aromatic rings. The van der Waals surface area contributed by atoms with E-state index in [9.17, 15) is 0 Å². The molecule has 3 rings (SSSR count). The summed E-state index contributed by atoms with van der Waals surface area (Å²) in [6, 6.07) is 4.00. The summed E-state index contributed by atoms with van der Waals surface area (Å²) in [5.41, 5.74) is 4.73. The van der Waals surface area contributed by atoms with Gasteiger partial charge in [-0.2, -0.15) is 0 Å². The van der Waals surface area contributed by atoms with E-state index in [1.165, 1.54) is 17.6 Å². The topological polar surface area (TPSA) is 66.8 Å². The molecule has 0 spiro atoms. The van der Waals surface area contributed by atoms with Crippen molar-refractivity contribution in [1.29, 1.82) is 0 Å². The van der Waals surface area contributed by atoms with Crippen molar-refractivity contribution in [3.8, 4) is 5.88 Å². The van der Waals surface area contributed by atoms with E-state index < -0.39 is 0 Å². The minimum Gasteiger partial charge on any atom is -0.474 e. The Morgan fingerprint density at radius 3 is 2.36 bits per heavy atom. The summed E-state index contributed by atoms with van der Waals surface area (Å²) in [7, 11) is 0. The van der Waals surface area contributed by atoms with Crippen molar-refractivity contribution in [3.05, 3.63) is 53.8 Å². The highest BCUT2D eigenvalue weighted by Gasteiger charge is 2.19. The summed E-state index contributed by atoms with van der Waals surface area (Å²) in [5.74, 6) is 0.723. The van der Waals surface area contributed by atoms with Gasteiger partial charge in [0, 0.05) is 70.4 Å². The molecule has 0 radical (unpaired) electrons. The van der Waals surface area contributed by atoms with Crippen LogP contribution in [-0.4, -0.2) is 73.6 Å². The Balaban J connectivity index is 0.000000356. The maximum Gasteiger partial charge on any atom is 0.213 e. The number of pyridine rings is 1. The fourth-order valence-corrected chi connectivity index (χ4v) is 3.51. The number of nitrogens with zero attached hydrogens (tertiary/aromatic N) is 2. The summed E-state index contributed by atoms with van der Waals surface area (Å²) < 4.78 is 11.1. The number of aliphatic hydroxyl groups excluding tert-OH is 1. The van der Waals surface area contributed by atoms with Gasteiger partial charge in [-0.15, -0.1) is 0 Å². The van der Waals surface area contributed by atoms with Crippen molar-refractivity contribution in [2.45, 2.75) is 72.8 Å². The number of hydrogen-bond donors (Lipinski definition) is 2. The molecule has 2 N–H and O–H groups in total. The highest BCUT2D eigenvalue weighted by Crippen LogP contribution is 2.25. The first kappa shape index (κ1) is 32.0. The van der Waals surface area contributed by atoms with E-state index >= 15 is 0 Å². The minimum atomic E-state index is 0.234. The molecule has 2 fully saturated rings. The van der Waals surface area contributed by atoms with Crippen molar-refractivity contribution < 1.29 is 14.6 Å². The van der Waals surface area contributed by atoms with E-state index in [1.54, 1.807) is 0 Å². The Kier molecular flexibility index (Phi) is 17.9. The molecule has 0 bridgehead atoms. The predicted octanol–water partition coefficient (Wildman–Crippen LogP) is 5.65. The molecule has 0 amide bonds. The normalized spacial score (nSPS) is 16.0. The number of rotatable bonds is 12. The molecule has 1 aliphatic carbocycles. The molecule has 0 unspecified atom stereocenters. The Bertz CT molecular complexity index is 760. The van der Waals surface area contributed by atoms with Crippen LogP contribution >= 0.6 is 0 Å². The lowest BCUT2D eigenvalue weighted by Gasteiger charge is -2.26. The fourth-order valence-electron chi connectivity index (χ4n) is 3.51. The van der Waals surface area contributed by atoms with Crippen molar-refractivity contribution in [2.24, 2.45) is 0 Å². The third-order valence-electron chi connectivity index (χ3n) is 6.21. The maximum absolute atomic E-state index is 8.53. The fraction of sp³-hybridized carbons (Fsp3) is 0.633. The van der Waals surface area contributed by atoms with Crippen LogP contribution in [0.5, 0.6) is 5.88 Å². The van der Waals surface area contributed by atoms with E-state index in [2.05, 4.69) is 48.6 Å². The van der Waals surface area contributed by atoms with Gasteiger partial charge in [-0.3, -0.25) is 0 Å². The summed E-state index contributed by atoms with van der Waals surface area (Å²) in [4.78, 5) is 6.86. The van der Waals surface area contributed by atoms with Gasteiger partial charge in [0.15, 0.2) is 0 Å². The van der Waals surface area contributed by atoms with Crippen molar-refractivity contribution in [3.63, 3.8) is 0 Å². The molecule has 36 heavy (non-hydrogen) atoms. The molecule has 2 heterocycles. The van der Waals surface area contributed by atoms with Gasteiger partial charge in [0.1, 0.15) is 6.10 Å². The monoisotopic (exact) mass is 501 g/mol. The molecule has 1 saturated heterocycles. The Hall–Kier alpha value is -1.99. The van der Waals surface area contributed by atoms with Crippen LogP contribution in [0.1, 0.15) is 72.3 Å². The molecule has 204 valence electrons. The third kappa shape index (κ3) is 13.4. The van der Waals surface area contributed by atoms with Gasteiger partial charge in [-0.1, -0.05) is 43.7 Å². The zero-order chi connectivity index (χ0) is 26.6. The van der Waals surface area contributed by atoms with Crippen LogP contribution in [0.3, 0.4) is 0 Å². The third-order valence-corrected chi connectivity index (χ3v) is 6.21. The molecule has 6 nitrogen and oxygen atoms in total. The Morgan fingerprint density at radius 1 is 1.14 bits per heavy atom. The van der Waals surface area contributed by atoms with E-state index in [-0.39, 0.29) is 6.61 Å². The van der Waals surface area contributed by atoms with Crippen LogP contribution < -0.4 is 10.1 Å². The number of aliphatic hydroxyl groups is 1. The highest BCUT2D eigenvalue weighted by molar-refractivity contribution is 5.75. The summed E-state index contributed by atoms with van der Waals surface area (Å²) in [6.07, 6.45) is 11.7. The number of hydrogen-bond acceptors (Lipinski definition) is 6. The summed E-state index contributed by atoms with van der Waals surface area (Å²) >= 11 is 0. The second-order valence-electron chi connectivity index (χ2n) is 9.18. The molecule has 0 aromatic carbocycles. The molecule has 1 aliphatic heterocycles. The van der Waals surface area contributed by atoms with Crippen LogP contribution in [0.25, 0.3) is 5.57 Å². The van der Waals surface area contributed by atoms with Crippen LogP contribution in [-0.2, 0) is 4.74 Å². The van der Waals surface area contributed by atoms with Gasteiger partial charge in [0.2, 0.25) is 5.88 Å². The first-order valence-electron chi connectivity index (χ1n) is 13.8. The van der Waals surface area contributed by atoms with Crippen LogP contribution in [0.15, 0.2) is 48.2 Å². The lowest BCUT2D eigenvalue weighted by atomic mass is 9.96. The number of aromatic nitrogens is 1. The van der Waals surface area contributed by atoms with Gasteiger partial charge in [-0.05, 0) is 64.5 Å². The Labute approximate surface area is 220 Å². The molecule has 0 atom stereocenters. The zero-order valence-electron chi connectivity index (χ0n) is 23.5. The molecular formula is C30H51N3O3. The standard InChI is InChI=1S/C18H23NO.C10H22N2O2.C2H6/c1-5-15(11-14(4)13(2)3)16-9-10-18(19-12-16)20-17-7-6-8-17;13-8-2-10-14-9-1-5-12-6-3-11-4-7-12;1-2/h5,9-12,17H,1,6-8H2,2-4H3;11,13H,1-10H2;1-2H3/b15-11+;;. The van der Waals surface area contributed by atoms with Gasteiger partial charge >= 0.3 is 0 Å². The average molecular weight is 502 g/mol. The first-order chi connectivity index (χ1) is 17.5. The highest BCUT2D eigenvalue weighted by atomic mass is 16.5. The van der Waals surface area contributed by atoms with Gasteiger partial charge in [-0.25, -0.2) is 4.98 Å². The van der Waals surface area contributed by atoms with Crippen LogP contribution in [0.4, 0.5) is 0 Å². The molecular weight excluding hydrogens is 450 g/mol. The number of ether oxygens (including phenoxy) is 2. The quantitative estimate of drug-likeness (QED) is 0.285. The lowest BCUT2D eigenvalue weighted by molar-refractivity contribution is 0.104. The van der Waals surface area contributed by atoms with E-state index in [1.807, 2.05) is 38.3 Å². The summed E-state index contributed by atoms with van der Waals surface area (Å²) in [6.45, 7) is 21.7. The Morgan fingerprint density at radius 2 is 1.83 bits per heavy atom. The summed E-state index contributed by atoms with van der Waals surface area (Å²) in [5, 5.41) is 11.9. The minimum absolute atomic E-state index is 0.234. The van der Waals surface area contributed by atoms with E-state index in [0.717, 1.165) is 82.0 Å². The van der Waals surface area contributed by atoms with Crippen LogP contribution in [0.2, 0.25) is 0 Å². The maximum atomic E-state index is 8.53. The second kappa shape index (κ2) is 20.1. The molecule has 1 saturated carbocycles. The number of nitrogens with one attached hydrogen (secondary N) is 1. The second-order valence-corrected chi connectivity index (χ2v) is 9.18. The van der Waals surface area contributed by atoms with Crippen molar-refractivity contribution in [1.82, 2.24) is 15.2 Å². The predicted molar refractivity (Wildman–Crippen MR) is 153 cm³/mol. The van der Waals surface area contributed by atoms with Crippen LogP contribution in [0, 0.1) is 0 Å². The van der Waals surface area contributed by atoms with Crippen molar-refractivity contribution in [2.75, 3.05) is 52.5 Å². The number of allylic oxidation sites excluding steroid dienone is 5. The molecule has 2 aliphatic rings. The van der Waals surface area contributed by atoms with Gasteiger partial charge in [0.05, 0.1) is 0 Å². The van der Waals surface area contributed by atoms with Gasteiger partial charge < -0.3 is 24.8 Å². The molecule has 1 aromatic heterocycles. The average Bonchev–Trinajstić information content (AvgIpc) is 2.89. The number of piperazine rings is 1. The lowest BCUT2D eigenvalue weighted by Crippen LogP contribution is -2.43. The van der Waals surface area contributed by atoms with Gasteiger partial charge in [0.25, 0.3) is 0 Å².